The number of aromatic nitrogens is 2. The Kier molecular flexibility index (Phi) is 5.75. The monoisotopic (exact) mass is 203 g/mol. The van der Waals surface area contributed by atoms with Gasteiger partial charge in [-0.15, -0.1) is 12.4 Å². The second kappa shape index (κ2) is 6.00. The van der Waals surface area contributed by atoms with E-state index >= 15 is 0 Å². The lowest BCUT2D eigenvalue weighted by atomic mass is 10.2. The molecule has 0 spiro atoms. The number of nitrogens with two attached hydrogens (primary N) is 1. The zero-order chi connectivity index (χ0) is 8.97. The highest BCUT2D eigenvalue weighted by Crippen LogP contribution is 2.06. The van der Waals surface area contributed by atoms with Gasteiger partial charge in [0.05, 0.1) is 6.20 Å². The largest absolute Gasteiger partial charge is 0.330 e. The summed E-state index contributed by atoms with van der Waals surface area (Å²) in [5, 5.41) is 4.24. The van der Waals surface area contributed by atoms with Crippen molar-refractivity contribution in [3.8, 4) is 0 Å². The van der Waals surface area contributed by atoms with Crippen LogP contribution in [-0.4, -0.2) is 16.3 Å². The maximum absolute atomic E-state index is 5.42. The first-order valence-corrected chi connectivity index (χ1v) is 4.47. The SMILES string of the molecule is CC(C)n1cc(CCCN)cn1.Cl. The lowest BCUT2D eigenvalue weighted by molar-refractivity contribution is 0.532. The van der Waals surface area contributed by atoms with Gasteiger partial charge in [0.2, 0.25) is 0 Å². The van der Waals surface area contributed by atoms with Gasteiger partial charge in [0.25, 0.3) is 0 Å². The van der Waals surface area contributed by atoms with Crippen LogP contribution < -0.4 is 5.73 Å². The summed E-state index contributed by atoms with van der Waals surface area (Å²) in [5.74, 6) is 0. The van der Waals surface area contributed by atoms with Crippen LogP contribution in [0.3, 0.4) is 0 Å². The number of nitrogens with zero attached hydrogens (tertiary/aromatic N) is 2. The van der Waals surface area contributed by atoms with Gasteiger partial charge < -0.3 is 5.73 Å². The molecule has 1 heterocycles. The predicted octanol–water partition coefficient (Wildman–Crippen LogP) is 1.78. The van der Waals surface area contributed by atoms with Gasteiger partial charge in [-0.05, 0) is 38.8 Å². The Bertz CT molecular complexity index is 233. The van der Waals surface area contributed by atoms with Gasteiger partial charge >= 0.3 is 0 Å². The Morgan fingerprint density at radius 3 is 2.69 bits per heavy atom. The zero-order valence-electron chi connectivity index (χ0n) is 8.23. The van der Waals surface area contributed by atoms with Crippen molar-refractivity contribution >= 4 is 12.4 Å². The van der Waals surface area contributed by atoms with Crippen molar-refractivity contribution in [3.05, 3.63) is 18.0 Å². The van der Waals surface area contributed by atoms with E-state index in [4.69, 9.17) is 5.73 Å². The molecule has 0 aliphatic carbocycles. The summed E-state index contributed by atoms with van der Waals surface area (Å²) in [7, 11) is 0. The molecule has 3 nitrogen and oxygen atoms in total. The van der Waals surface area contributed by atoms with Gasteiger partial charge in [-0.25, -0.2) is 0 Å². The fraction of sp³-hybridized carbons (Fsp3) is 0.667. The summed E-state index contributed by atoms with van der Waals surface area (Å²) in [6.45, 7) is 5.01. The first-order valence-electron chi connectivity index (χ1n) is 4.47. The topological polar surface area (TPSA) is 43.8 Å². The molecule has 76 valence electrons. The average Bonchev–Trinajstić information content (AvgIpc) is 2.48. The second-order valence-electron chi connectivity index (χ2n) is 3.31. The molecule has 0 fully saturated rings. The molecule has 0 bridgehead atoms. The third-order valence-corrected chi connectivity index (χ3v) is 1.85. The number of hydrogen-bond donors (Lipinski definition) is 1. The van der Waals surface area contributed by atoms with E-state index in [0.29, 0.717) is 6.04 Å². The Balaban J connectivity index is 0.00000144. The summed E-state index contributed by atoms with van der Waals surface area (Å²) < 4.78 is 1.98. The van der Waals surface area contributed by atoms with Crippen LogP contribution in [0.1, 0.15) is 31.9 Å². The molecule has 1 aromatic rings. The van der Waals surface area contributed by atoms with Crippen LogP contribution in [0, 0.1) is 0 Å². The standard InChI is InChI=1S/C9H17N3.ClH/c1-8(2)12-7-9(6-11-12)4-3-5-10;/h6-8H,3-5,10H2,1-2H3;1H. The van der Waals surface area contributed by atoms with E-state index in [2.05, 4.69) is 25.1 Å². The zero-order valence-corrected chi connectivity index (χ0v) is 9.05. The number of aryl methyl sites for hydroxylation is 1. The molecule has 0 atom stereocenters. The minimum absolute atomic E-state index is 0. The Morgan fingerprint density at radius 2 is 2.23 bits per heavy atom. The van der Waals surface area contributed by atoms with E-state index in [9.17, 15) is 0 Å². The number of rotatable bonds is 4. The van der Waals surface area contributed by atoms with Crippen LogP contribution in [0.15, 0.2) is 12.4 Å². The average molecular weight is 204 g/mol. The van der Waals surface area contributed by atoms with Crippen molar-refractivity contribution in [1.82, 2.24) is 9.78 Å². The fourth-order valence-electron chi connectivity index (χ4n) is 1.10. The highest BCUT2D eigenvalue weighted by molar-refractivity contribution is 5.85. The van der Waals surface area contributed by atoms with E-state index in [1.54, 1.807) is 0 Å². The second-order valence-corrected chi connectivity index (χ2v) is 3.31. The molecule has 13 heavy (non-hydrogen) atoms. The molecule has 0 aliphatic rings. The Labute approximate surface area is 85.7 Å². The number of hydrogen-bond acceptors (Lipinski definition) is 2. The quantitative estimate of drug-likeness (QED) is 0.811. The molecule has 0 radical (unpaired) electrons. The summed E-state index contributed by atoms with van der Waals surface area (Å²) in [4.78, 5) is 0. The minimum atomic E-state index is 0. The Morgan fingerprint density at radius 1 is 1.54 bits per heavy atom. The fourth-order valence-corrected chi connectivity index (χ4v) is 1.10. The van der Waals surface area contributed by atoms with Crippen LogP contribution >= 0.6 is 12.4 Å². The molecule has 0 saturated carbocycles. The van der Waals surface area contributed by atoms with Gasteiger partial charge in [-0.1, -0.05) is 0 Å². The van der Waals surface area contributed by atoms with Crippen molar-refractivity contribution in [2.75, 3.05) is 6.54 Å². The lowest BCUT2D eigenvalue weighted by Crippen LogP contribution is -2.01. The normalized spacial score (nSPS) is 10.2. The summed E-state index contributed by atoms with van der Waals surface area (Å²) >= 11 is 0. The molecule has 0 unspecified atom stereocenters. The summed E-state index contributed by atoms with van der Waals surface area (Å²) in [6, 6.07) is 0.455. The van der Waals surface area contributed by atoms with Crippen molar-refractivity contribution < 1.29 is 0 Å². The predicted molar refractivity (Wildman–Crippen MR) is 57.2 cm³/mol. The van der Waals surface area contributed by atoms with Crippen molar-refractivity contribution in [2.24, 2.45) is 5.73 Å². The van der Waals surface area contributed by atoms with E-state index in [1.165, 1.54) is 5.56 Å². The summed E-state index contributed by atoms with van der Waals surface area (Å²) in [5.41, 5.74) is 6.70. The highest BCUT2D eigenvalue weighted by Gasteiger charge is 2.00. The summed E-state index contributed by atoms with van der Waals surface area (Å²) in [6.07, 6.45) is 6.11. The van der Waals surface area contributed by atoms with Crippen molar-refractivity contribution in [3.63, 3.8) is 0 Å². The molecule has 0 saturated heterocycles. The van der Waals surface area contributed by atoms with Crippen molar-refractivity contribution in [2.45, 2.75) is 32.7 Å². The highest BCUT2D eigenvalue weighted by atomic mass is 35.5. The van der Waals surface area contributed by atoms with Gasteiger partial charge in [0, 0.05) is 12.2 Å². The maximum Gasteiger partial charge on any atom is 0.0521 e. The first-order chi connectivity index (χ1) is 5.74. The van der Waals surface area contributed by atoms with Crippen LogP contribution in [-0.2, 0) is 6.42 Å². The van der Waals surface area contributed by atoms with E-state index in [0.717, 1.165) is 19.4 Å². The molecular weight excluding hydrogens is 186 g/mol. The van der Waals surface area contributed by atoms with E-state index in [-0.39, 0.29) is 12.4 Å². The maximum atomic E-state index is 5.42. The van der Waals surface area contributed by atoms with Crippen molar-refractivity contribution in [1.29, 1.82) is 0 Å². The first kappa shape index (κ1) is 12.5. The van der Waals surface area contributed by atoms with Crippen LogP contribution in [0.4, 0.5) is 0 Å². The molecule has 4 heteroatoms. The molecule has 0 amide bonds. The van der Waals surface area contributed by atoms with Gasteiger partial charge in [0.15, 0.2) is 0 Å². The lowest BCUT2D eigenvalue weighted by Gasteiger charge is -2.02. The third kappa shape index (κ3) is 3.79. The van der Waals surface area contributed by atoms with Gasteiger partial charge in [-0.2, -0.15) is 5.10 Å². The number of halogens is 1. The molecule has 1 aromatic heterocycles. The molecular formula is C9H18ClN3. The Hall–Kier alpha value is -0.540. The van der Waals surface area contributed by atoms with Crippen LogP contribution in [0.5, 0.6) is 0 Å². The van der Waals surface area contributed by atoms with Gasteiger partial charge in [0.1, 0.15) is 0 Å². The molecule has 1 rings (SSSR count). The van der Waals surface area contributed by atoms with E-state index < -0.39 is 0 Å². The minimum Gasteiger partial charge on any atom is -0.330 e. The smallest absolute Gasteiger partial charge is 0.0521 e. The molecule has 0 aromatic carbocycles. The molecule has 2 N–H and O–H groups in total. The van der Waals surface area contributed by atoms with Crippen LogP contribution in [0.2, 0.25) is 0 Å². The third-order valence-electron chi connectivity index (χ3n) is 1.85. The van der Waals surface area contributed by atoms with E-state index in [1.807, 2.05) is 10.9 Å². The van der Waals surface area contributed by atoms with Crippen LogP contribution in [0.25, 0.3) is 0 Å². The molecule has 0 aliphatic heterocycles. The van der Waals surface area contributed by atoms with Gasteiger partial charge in [-0.3, -0.25) is 4.68 Å².